The van der Waals surface area contributed by atoms with Gasteiger partial charge < -0.3 is 0 Å². The highest BCUT2D eigenvalue weighted by molar-refractivity contribution is 5.70. The molecule has 0 saturated heterocycles. The van der Waals surface area contributed by atoms with Crippen molar-refractivity contribution in [2.75, 3.05) is 0 Å². The first-order valence-electron chi connectivity index (χ1n) is 5.69. The van der Waals surface area contributed by atoms with Crippen LogP contribution < -0.4 is 16.9 Å². The Hall–Kier alpha value is -2.05. The number of imidazole rings is 1. The molecule has 0 N–H and O–H groups in total. The molecule has 0 amide bonds. The van der Waals surface area contributed by atoms with Gasteiger partial charge >= 0.3 is 11.4 Å². The Balaban J connectivity index is 0.000000771. The van der Waals surface area contributed by atoms with E-state index < -0.39 is 11.2 Å². The maximum absolute atomic E-state index is 11.9. The summed E-state index contributed by atoms with van der Waals surface area (Å²) in [5, 5.41) is 0. The molecule has 0 spiro atoms. The smallest absolute Gasteiger partial charge is 0.289 e. The van der Waals surface area contributed by atoms with Crippen LogP contribution in [0, 0.1) is 0 Å². The van der Waals surface area contributed by atoms with Crippen LogP contribution in [0.3, 0.4) is 0 Å². The summed E-state index contributed by atoms with van der Waals surface area (Å²) in [6.07, 6.45) is 0. The third-order valence-corrected chi connectivity index (χ3v) is 2.84. The molecule has 0 unspecified atom stereocenters. The monoisotopic (exact) mass is 254 g/mol. The van der Waals surface area contributed by atoms with Crippen LogP contribution in [0.2, 0.25) is 0 Å². The third kappa shape index (κ3) is 1.62. The summed E-state index contributed by atoms with van der Waals surface area (Å²) in [4.78, 5) is 35.2. The highest BCUT2D eigenvalue weighted by Crippen LogP contribution is 2.02. The summed E-state index contributed by atoms with van der Waals surface area (Å²) >= 11 is 0. The Bertz CT molecular complexity index is 758. The molecule has 7 nitrogen and oxygen atoms in total. The fourth-order valence-corrected chi connectivity index (χ4v) is 1.90. The highest BCUT2D eigenvalue weighted by Gasteiger charge is 2.16. The second kappa shape index (κ2) is 4.67. The van der Waals surface area contributed by atoms with Crippen LogP contribution in [0.1, 0.15) is 13.8 Å². The van der Waals surface area contributed by atoms with Crippen LogP contribution in [-0.2, 0) is 28.2 Å². The minimum absolute atomic E-state index is 0.233. The number of aromatic nitrogens is 4. The highest BCUT2D eigenvalue weighted by atomic mass is 16.2. The maximum atomic E-state index is 11.9. The van der Waals surface area contributed by atoms with Crippen molar-refractivity contribution in [1.29, 1.82) is 0 Å². The number of aryl methyl sites for hydroxylation is 3. The number of nitrogens with zero attached hydrogens (tertiary/aromatic N) is 4. The molecule has 2 aromatic rings. The first kappa shape index (κ1) is 14.0. The lowest BCUT2D eigenvalue weighted by atomic mass is 10.5. The Kier molecular flexibility index (Phi) is 3.64. The van der Waals surface area contributed by atoms with Crippen molar-refractivity contribution < 1.29 is 0 Å². The van der Waals surface area contributed by atoms with E-state index in [9.17, 15) is 14.4 Å². The summed E-state index contributed by atoms with van der Waals surface area (Å²) in [6.45, 7) is 4.00. The molecule has 2 heterocycles. The fraction of sp³-hybridized carbons (Fsp3) is 0.545. The average molecular weight is 254 g/mol. The topological polar surface area (TPSA) is 70.9 Å². The average Bonchev–Trinajstić information content (AvgIpc) is 2.61. The largest absolute Gasteiger partial charge is 0.332 e. The SMILES string of the molecule is CC.Cn1c(=O)c2c(n(C)c1=O)n(C)c(=O)n2C. The minimum atomic E-state index is -0.460. The van der Waals surface area contributed by atoms with Gasteiger partial charge in [0, 0.05) is 28.2 Å². The molecule has 100 valence electrons. The van der Waals surface area contributed by atoms with Gasteiger partial charge in [0.05, 0.1) is 0 Å². The van der Waals surface area contributed by atoms with Gasteiger partial charge in [0.2, 0.25) is 0 Å². The molecule has 0 aromatic carbocycles. The first-order chi connectivity index (χ1) is 8.37. The van der Waals surface area contributed by atoms with Crippen molar-refractivity contribution in [1.82, 2.24) is 18.3 Å². The van der Waals surface area contributed by atoms with Crippen LogP contribution in [-0.4, -0.2) is 18.3 Å². The predicted molar refractivity (Wildman–Crippen MR) is 70.0 cm³/mol. The summed E-state index contributed by atoms with van der Waals surface area (Å²) < 4.78 is 4.81. The van der Waals surface area contributed by atoms with Gasteiger partial charge in [-0.25, -0.2) is 9.59 Å². The fourth-order valence-electron chi connectivity index (χ4n) is 1.90. The molecule has 0 aliphatic carbocycles. The lowest BCUT2D eigenvalue weighted by Gasteiger charge is -2.04. The molecule has 0 atom stereocenters. The van der Waals surface area contributed by atoms with E-state index in [-0.39, 0.29) is 11.2 Å². The normalized spacial score (nSPS) is 10.3. The van der Waals surface area contributed by atoms with E-state index in [4.69, 9.17) is 0 Å². The molecule has 0 aliphatic rings. The summed E-state index contributed by atoms with van der Waals surface area (Å²) in [6, 6.07) is 0. The van der Waals surface area contributed by atoms with Gasteiger partial charge in [-0.1, -0.05) is 13.8 Å². The van der Waals surface area contributed by atoms with E-state index in [1.807, 2.05) is 13.8 Å². The van der Waals surface area contributed by atoms with E-state index in [1.54, 1.807) is 0 Å². The standard InChI is InChI=1S/C9H12N4O3.C2H6/c1-10-5-6(11(2)8(10)15)12(3)9(16)13(4)7(5)14;1-2/h1-4H3;1-2H3. The number of rotatable bonds is 0. The van der Waals surface area contributed by atoms with Gasteiger partial charge in [0.25, 0.3) is 5.56 Å². The molecular formula is C11H18N4O3. The maximum Gasteiger partial charge on any atom is 0.332 e. The first-order valence-corrected chi connectivity index (χ1v) is 5.69. The van der Waals surface area contributed by atoms with Crippen molar-refractivity contribution in [3.05, 3.63) is 31.3 Å². The molecular weight excluding hydrogens is 236 g/mol. The molecule has 7 heteroatoms. The van der Waals surface area contributed by atoms with Gasteiger partial charge in [-0.05, 0) is 0 Å². The molecule has 0 bridgehead atoms. The van der Waals surface area contributed by atoms with Crippen LogP contribution in [0.4, 0.5) is 0 Å². The zero-order valence-corrected chi connectivity index (χ0v) is 11.5. The quantitative estimate of drug-likeness (QED) is 0.624. The molecule has 0 saturated carbocycles. The zero-order chi connectivity index (χ0) is 14.2. The second-order valence-corrected chi connectivity index (χ2v) is 3.78. The lowest BCUT2D eigenvalue weighted by molar-refractivity contribution is 0.696. The Morgan fingerprint density at radius 3 is 1.50 bits per heavy atom. The zero-order valence-electron chi connectivity index (χ0n) is 11.5. The number of hydrogen-bond donors (Lipinski definition) is 0. The molecule has 0 fully saturated rings. The predicted octanol–water partition coefficient (Wildman–Crippen LogP) is -0.699. The van der Waals surface area contributed by atoms with E-state index >= 15 is 0 Å². The van der Waals surface area contributed by atoms with Gasteiger partial charge in [0.1, 0.15) is 0 Å². The second-order valence-electron chi connectivity index (χ2n) is 3.78. The minimum Gasteiger partial charge on any atom is -0.289 e. The summed E-state index contributed by atoms with van der Waals surface area (Å²) in [5.41, 5.74) is -0.664. The van der Waals surface area contributed by atoms with Crippen LogP contribution in [0.5, 0.6) is 0 Å². The van der Waals surface area contributed by atoms with Crippen LogP contribution in [0.25, 0.3) is 11.2 Å². The Morgan fingerprint density at radius 1 is 0.667 bits per heavy atom. The molecule has 2 aromatic heterocycles. The number of fused-ring (bicyclic) bond motifs is 1. The van der Waals surface area contributed by atoms with E-state index in [1.165, 1.54) is 41.9 Å². The van der Waals surface area contributed by atoms with Gasteiger partial charge in [-0.15, -0.1) is 0 Å². The van der Waals surface area contributed by atoms with Gasteiger partial charge in [-0.2, -0.15) is 0 Å². The lowest BCUT2D eigenvalue weighted by Crippen LogP contribution is -2.37. The Morgan fingerprint density at radius 2 is 1.06 bits per heavy atom. The van der Waals surface area contributed by atoms with E-state index in [2.05, 4.69) is 0 Å². The van der Waals surface area contributed by atoms with Gasteiger partial charge in [-0.3, -0.25) is 23.1 Å². The van der Waals surface area contributed by atoms with Crippen LogP contribution in [0.15, 0.2) is 14.4 Å². The van der Waals surface area contributed by atoms with Crippen molar-refractivity contribution in [3.63, 3.8) is 0 Å². The molecule has 0 radical (unpaired) electrons. The van der Waals surface area contributed by atoms with Crippen LogP contribution >= 0.6 is 0 Å². The molecule has 2 rings (SSSR count). The molecule has 0 aliphatic heterocycles. The van der Waals surface area contributed by atoms with Crippen molar-refractivity contribution in [2.24, 2.45) is 28.2 Å². The number of hydrogen-bond acceptors (Lipinski definition) is 3. The third-order valence-electron chi connectivity index (χ3n) is 2.84. The summed E-state index contributed by atoms with van der Waals surface area (Å²) in [7, 11) is 5.96. The van der Waals surface area contributed by atoms with E-state index in [0.717, 1.165) is 4.57 Å². The van der Waals surface area contributed by atoms with Gasteiger partial charge in [0.15, 0.2) is 11.2 Å². The van der Waals surface area contributed by atoms with Crippen molar-refractivity contribution >= 4 is 11.2 Å². The Labute approximate surface area is 104 Å². The van der Waals surface area contributed by atoms with Crippen molar-refractivity contribution in [3.8, 4) is 0 Å². The molecule has 18 heavy (non-hydrogen) atoms. The summed E-state index contributed by atoms with van der Waals surface area (Å²) in [5.74, 6) is 0. The van der Waals surface area contributed by atoms with Crippen molar-refractivity contribution in [2.45, 2.75) is 13.8 Å². The van der Waals surface area contributed by atoms with E-state index in [0.29, 0.717) is 5.65 Å².